The standard InChI is InChI=1S/C22H29N4O4P/c1-3-4-6-14(2)11-23-21(28)16-12-24-13-17-25-9-5-7-15(25)8-10-26(17)22(29)18(24)20(30-31)19(16)27/h3-4,6,12,15,17H,5,7-11,13,31H2,1-2H3,(H,23,28)/b4-3-,14-6+/t15-,17-/m0/s1. The van der Waals surface area contributed by atoms with Crippen LogP contribution in [0.3, 0.4) is 0 Å². The Morgan fingerprint density at radius 2 is 2.13 bits per heavy atom. The second kappa shape index (κ2) is 8.97. The Balaban J connectivity index is 1.67. The fraction of sp³-hybridized carbons (Fsp3) is 0.500. The third-order valence-electron chi connectivity index (χ3n) is 6.39. The summed E-state index contributed by atoms with van der Waals surface area (Å²) in [5.41, 5.74) is 0.585. The van der Waals surface area contributed by atoms with Gasteiger partial charge < -0.3 is 19.3 Å². The summed E-state index contributed by atoms with van der Waals surface area (Å²) in [6, 6.07) is 0.502. The van der Waals surface area contributed by atoms with Gasteiger partial charge in [0.05, 0.1) is 16.0 Å². The lowest BCUT2D eigenvalue weighted by Crippen LogP contribution is -2.62. The van der Waals surface area contributed by atoms with E-state index in [1.54, 1.807) is 4.57 Å². The molecule has 4 heterocycles. The van der Waals surface area contributed by atoms with Gasteiger partial charge in [0.2, 0.25) is 5.43 Å². The number of amides is 2. The van der Waals surface area contributed by atoms with Crippen LogP contribution in [0, 0.1) is 0 Å². The Kier molecular flexibility index (Phi) is 6.30. The van der Waals surface area contributed by atoms with E-state index in [9.17, 15) is 14.4 Å². The lowest BCUT2D eigenvalue weighted by molar-refractivity contribution is -0.0209. The van der Waals surface area contributed by atoms with E-state index >= 15 is 0 Å². The molecule has 1 N–H and O–H groups in total. The number of rotatable bonds is 5. The number of allylic oxidation sites excluding steroid dienone is 3. The van der Waals surface area contributed by atoms with Crippen LogP contribution >= 0.6 is 9.47 Å². The minimum absolute atomic E-state index is 0.0185. The Morgan fingerprint density at radius 3 is 2.87 bits per heavy atom. The zero-order valence-electron chi connectivity index (χ0n) is 18.0. The van der Waals surface area contributed by atoms with Crippen LogP contribution in [0.1, 0.15) is 54.0 Å². The monoisotopic (exact) mass is 444 g/mol. The summed E-state index contributed by atoms with van der Waals surface area (Å²) in [6.07, 6.45) is 10.4. The summed E-state index contributed by atoms with van der Waals surface area (Å²) >= 11 is 0. The van der Waals surface area contributed by atoms with Crippen LogP contribution in [-0.2, 0) is 6.54 Å². The van der Waals surface area contributed by atoms with Crippen molar-refractivity contribution in [3.63, 3.8) is 0 Å². The zero-order chi connectivity index (χ0) is 22.1. The summed E-state index contributed by atoms with van der Waals surface area (Å²) in [5.74, 6) is -0.784. The SMILES string of the molecule is C/C=C\C=C(/C)CNC(=O)c1cn2c(c(OP)c1=O)C(=O)N1CC[C@@H]3CCCN3[C@@H]1C2. The number of carbonyl (C=O) groups excluding carboxylic acids is 2. The molecule has 4 rings (SSSR count). The van der Waals surface area contributed by atoms with Gasteiger partial charge in [0.1, 0.15) is 11.7 Å². The molecule has 31 heavy (non-hydrogen) atoms. The normalized spacial score (nSPS) is 23.5. The average molecular weight is 444 g/mol. The Labute approximate surface area is 184 Å². The van der Waals surface area contributed by atoms with Crippen molar-refractivity contribution in [2.75, 3.05) is 19.6 Å². The van der Waals surface area contributed by atoms with Crippen molar-refractivity contribution in [3.8, 4) is 5.75 Å². The van der Waals surface area contributed by atoms with E-state index < -0.39 is 11.3 Å². The van der Waals surface area contributed by atoms with E-state index in [2.05, 4.69) is 10.2 Å². The molecular formula is C22H29N4O4P. The quantitative estimate of drug-likeness (QED) is 0.554. The molecule has 1 unspecified atom stereocenters. The van der Waals surface area contributed by atoms with Gasteiger partial charge >= 0.3 is 0 Å². The summed E-state index contributed by atoms with van der Waals surface area (Å²) in [7, 11) is 2.04. The van der Waals surface area contributed by atoms with Gasteiger partial charge in [-0.05, 0) is 33.1 Å². The molecule has 1 aromatic heterocycles. The lowest BCUT2D eigenvalue weighted by Gasteiger charge is -2.48. The maximum absolute atomic E-state index is 13.3. The minimum atomic E-state index is -0.573. The molecule has 1 aromatic rings. The van der Waals surface area contributed by atoms with Crippen LogP contribution in [0.25, 0.3) is 0 Å². The average Bonchev–Trinajstić information content (AvgIpc) is 3.25. The number of nitrogens with zero attached hydrogens (tertiary/aromatic N) is 3. The van der Waals surface area contributed by atoms with Crippen LogP contribution in [-0.4, -0.2) is 58.0 Å². The van der Waals surface area contributed by atoms with Gasteiger partial charge in [-0.2, -0.15) is 0 Å². The smallest absolute Gasteiger partial charge is 0.275 e. The molecule has 8 nitrogen and oxygen atoms in total. The first-order chi connectivity index (χ1) is 15.0. The maximum Gasteiger partial charge on any atom is 0.275 e. The van der Waals surface area contributed by atoms with Gasteiger partial charge in [-0.1, -0.05) is 23.8 Å². The van der Waals surface area contributed by atoms with Crippen molar-refractivity contribution >= 4 is 21.3 Å². The molecule has 0 bridgehead atoms. The van der Waals surface area contributed by atoms with Crippen LogP contribution in [0.5, 0.6) is 5.75 Å². The van der Waals surface area contributed by atoms with Gasteiger partial charge in [0.15, 0.2) is 11.4 Å². The summed E-state index contributed by atoms with van der Waals surface area (Å²) in [5, 5.41) is 2.79. The number of hydrogen-bond donors (Lipinski definition) is 1. The van der Waals surface area contributed by atoms with Crippen LogP contribution in [0.15, 0.2) is 34.8 Å². The molecule has 2 amide bonds. The molecule has 166 valence electrons. The van der Waals surface area contributed by atoms with Crippen molar-refractivity contribution in [2.45, 2.75) is 51.9 Å². The van der Waals surface area contributed by atoms with E-state index in [4.69, 9.17) is 4.52 Å². The van der Waals surface area contributed by atoms with E-state index in [0.29, 0.717) is 25.7 Å². The predicted molar refractivity (Wildman–Crippen MR) is 121 cm³/mol. The summed E-state index contributed by atoms with van der Waals surface area (Å²) in [6.45, 7) is 6.30. The molecule has 0 aromatic carbocycles. The van der Waals surface area contributed by atoms with Crippen molar-refractivity contribution in [1.29, 1.82) is 0 Å². The molecule has 0 saturated carbocycles. The molecule has 2 saturated heterocycles. The molecule has 2 fully saturated rings. The largest absolute Gasteiger partial charge is 0.474 e. The second-order valence-corrected chi connectivity index (χ2v) is 8.58. The highest BCUT2D eigenvalue weighted by Gasteiger charge is 2.45. The van der Waals surface area contributed by atoms with Gasteiger partial charge in [0, 0.05) is 31.9 Å². The number of hydrogen-bond acceptors (Lipinski definition) is 5. The third kappa shape index (κ3) is 3.94. The highest BCUT2D eigenvalue weighted by molar-refractivity contribution is 7.10. The maximum atomic E-state index is 13.3. The van der Waals surface area contributed by atoms with E-state index in [1.165, 1.54) is 6.20 Å². The van der Waals surface area contributed by atoms with Crippen LogP contribution < -0.4 is 15.3 Å². The third-order valence-corrected chi connectivity index (χ3v) is 6.63. The minimum Gasteiger partial charge on any atom is -0.474 e. The molecule has 3 atom stereocenters. The predicted octanol–water partition coefficient (Wildman–Crippen LogP) is 1.92. The molecule has 3 aliphatic heterocycles. The van der Waals surface area contributed by atoms with Crippen molar-refractivity contribution in [3.05, 3.63) is 51.5 Å². The molecule has 0 radical (unpaired) electrons. The second-order valence-electron chi connectivity index (χ2n) is 8.34. The van der Waals surface area contributed by atoms with Crippen LogP contribution in [0.4, 0.5) is 0 Å². The summed E-state index contributed by atoms with van der Waals surface area (Å²) in [4.78, 5) is 43.3. The fourth-order valence-corrected chi connectivity index (χ4v) is 5.06. The first-order valence-corrected chi connectivity index (χ1v) is 11.2. The highest BCUT2D eigenvalue weighted by atomic mass is 31.0. The van der Waals surface area contributed by atoms with Crippen molar-refractivity contribution < 1.29 is 14.1 Å². The van der Waals surface area contributed by atoms with Crippen molar-refractivity contribution in [1.82, 2.24) is 19.7 Å². The number of nitrogens with one attached hydrogen (secondary N) is 1. The molecule has 9 heteroatoms. The van der Waals surface area contributed by atoms with Crippen molar-refractivity contribution in [2.24, 2.45) is 0 Å². The first-order valence-electron chi connectivity index (χ1n) is 10.7. The lowest BCUT2D eigenvalue weighted by atomic mass is 10.0. The zero-order valence-corrected chi connectivity index (χ0v) is 19.1. The van der Waals surface area contributed by atoms with Crippen LogP contribution in [0.2, 0.25) is 0 Å². The molecule has 0 aliphatic carbocycles. The topological polar surface area (TPSA) is 83.9 Å². The highest BCUT2D eigenvalue weighted by Crippen LogP contribution is 2.34. The fourth-order valence-electron chi connectivity index (χ4n) is 4.84. The van der Waals surface area contributed by atoms with E-state index in [1.807, 2.05) is 46.4 Å². The Bertz CT molecular complexity index is 1020. The summed E-state index contributed by atoms with van der Waals surface area (Å²) < 4.78 is 7.00. The van der Waals surface area contributed by atoms with Gasteiger partial charge in [-0.25, -0.2) is 0 Å². The number of carbonyl (C=O) groups is 2. The van der Waals surface area contributed by atoms with E-state index in [0.717, 1.165) is 31.4 Å². The van der Waals surface area contributed by atoms with Gasteiger partial charge in [-0.15, -0.1) is 0 Å². The number of aromatic nitrogens is 1. The number of pyridine rings is 1. The molecule has 3 aliphatic rings. The molecular weight excluding hydrogens is 415 g/mol. The van der Waals surface area contributed by atoms with Gasteiger partial charge in [0.25, 0.3) is 11.8 Å². The Morgan fingerprint density at radius 1 is 1.32 bits per heavy atom. The number of fused-ring (bicyclic) bond motifs is 4. The van der Waals surface area contributed by atoms with E-state index in [-0.39, 0.29) is 29.1 Å². The molecule has 0 spiro atoms. The first kappa shape index (κ1) is 21.8. The Hall–Kier alpha value is -2.44. The van der Waals surface area contributed by atoms with Gasteiger partial charge in [-0.3, -0.25) is 19.3 Å².